The van der Waals surface area contributed by atoms with Gasteiger partial charge < -0.3 is 0 Å². The maximum atomic E-state index is 10.5. The summed E-state index contributed by atoms with van der Waals surface area (Å²) in [5.41, 5.74) is 0. The topological polar surface area (TPSA) is 17.1 Å². The predicted molar refractivity (Wildman–Crippen MR) is 41.9 cm³/mol. The van der Waals surface area contributed by atoms with E-state index < -0.39 is 0 Å². The highest BCUT2D eigenvalue weighted by Gasteiger charge is 2.39. The second-order valence-electron chi connectivity index (χ2n) is 2.65. The Morgan fingerprint density at radius 2 is 2.50 bits per heavy atom. The number of hydrogen-bond acceptors (Lipinski definition) is 1. The lowest BCUT2D eigenvalue weighted by molar-refractivity contribution is -0.112. The van der Waals surface area contributed by atoms with E-state index in [9.17, 15) is 4.79 Å². The molecule has 0 aromatic heterocycles. The van der Waals surface area contributed by atoms with Gasteiger partial charge in [0, 0.05) is 5.92 Å². The lowest BCUT2D eigenvalue weighted by Gasteiger charge is -1.83. The van der Waals surface area contributed by atoms with Crippen molar-refractivity contribution >= 4 is 16.8 Å². The minimum atomic E-state index is -0.175. The molecule has 0 heterocycles. The van der Waals surface area contributed by atoms with Crippen LogP contribution in [-0.2, 0) is 4.79 Å². The fourth-order valence-electron chi connectivity index (χ4n) is 0.999. The fraction of sp³-hybridized carbons (Fsp3) is 0.625. The van der Waals surface area contributed by atoms with Gasteiger partial charge in [0.2, 0.25) is 5.24 Å². The minimum Gasteiger partial charge on any atom is -0.281 e. The van der Waals surface area contributed by atoms with E-state index in [1.54, 1.807) is 0 Å². The predicted octanol–water partition coefficient (Wildman–Crippen LogP) is 2.35. The van der Waals surface area contributed by atoms with Crippen LogP contribution in [0.5, 0.6) is 0 Å². The summed E-state index contributed by atoms with van der Waals surface area (Å²) < 4.78 is 0. The van der Waals surface area contributed by atoms with E-state index in [0.29, 0.717) is 5.92 Å². The molecule has 1 rings (SSSR count). The molecule has 0 aromatic rings. The van der Waals surface area contributed by atoms with Crippen LogP contribution in [0.15, 0.2) is 12.2 Å². The molecule has 0 saturated heterocycles. The van der Waals surface area contributed by atoms with Crippen LogP contribution in [0.2, 0.25) is 0 Å². The van der Waals surface area contributed by atoms with Gasteiger partial charge in [-0.2, -0.15) is 0 Å². The highest BCUT2D eigenvalue weighted by Crippen LogP contribution is 2.41. The quantitative estimate of drug-likeness (QED) is 0.455. The third kappa shape index (κ3) is 1.84. The van der Waals surface area contributed by atoms with Crippen molar-refractivity contribution in [3.8, 4) is 0 Å². The van der Waals surface area contributed by atoms with E-state index in [1.807, 2.05) is 0 Å². The zero-order valence-electron chi connectivity index (χ0n) is 6.01. The Labute approximate surface area is 66.1 Å². The van der Waals surface area contributed by atoms with E-state index in [1.165, 1.54) is 0 Å². The van der Waals surface area contributed by atoms with Gasteiger partial charge in [-0.05, 0) is 30.4 Å². The fourth-order valence-corrected chi connectivity index (χ4v) is 1.25. The molecule has 2 unspecified atom stereocenters. The first kappa shape index (κ1) is 7.80. The Kier molecular flexibility index (Phi) is 2.50. The molecule has 0 spiro atoms. The average Bonchev–Trinajstić information content (AvgIpc) is 2.62. The maximum absolute atomic E-state index is 10.5. The van der Waals surface area contributed by atoms with Crippen LogP contribution in [0.25, 0.3) is 0 Å². The highest BCUT2D eigenvalue weighted by atomic mass is 35.5. The molecule has 10 heavy (non-hydrogen) atoms. The van der Waals surface area contributed by atoms with Gasteiger partial charge in [-0.3, -0.25) is 4.79 Å². The molecule has 2 heteroatoms. The van der Waals surface area contributed by atoms with Crippen molar-refractivity contribution in [3.63, 3.8) is 0 Å². The highest BCUT2D eigenvalue weighted by molar-refractivity contribution is 6.64. The zero-order chi connectivity index (χ0) is 7.56. The average molecular weight is 159 g/mol. The molecule has 2 atom stereocenters. The number of allylic oxidation sites excluding steroid dienone is 2. The van der Waals surface area contributed by atoms with Gasteiger partial charge in [-0.1, -0.05) is 19.1 Å². The van der Waals surface area contributed by atoms with Crippen molar-refractivity contribution in [3.05, 3.63) is 12.2 Å². The smallest absolute Gasteiger partial charge is 0.225 e. The van der Waals surface area contributed by atoms with Crippen LogP contribution in [-0.4, -0.2) is 5.24 Å². The summed E-state index contributed by atoms with van der Waals surface area (Å²) in [6.45, 7) is 2.08. The summed E-state index contributed by atoms with van der Waals surface area (Å²) in [4.78, 5) is 10.5. The van der Waals surface area contributed by atoms with Crippen molar-refractivity contribution in [2.45, 2.75) is 19.8 Å². The third-order valence-electron chi connectivity index (χ3n) is 1.75. The number of rotatable bonds is 3. The molecule has 0 bridgehead atoms. The molecule has 0 N–H and O–H groups in total. The van der Waals surface area contributed by atoms with Gasteiger partial charge in [-0.15, -0.1) is 0 Å². The van der Waals surface area contributed by atoms with Gasteiger partial charge in [-0.25, -0.2) is 0 Å². The monoisotopic (exact) mass is 158 g/mol. The van der Waals surface area contributed by atoms with E-state index in [0.717, 1.165) is 12.8 Å². The van der Waals surface area contributed by atoms with Crippen LogP contribution in [0.1, 0.15) is 19.8 Å². The minimum absolute atomic E-state index is 0.129. The molecular formula is C8H11ClO. The second-order valence-corrected chi connectivity index (χ2v) is 3.02. The van der Waals surface area contributed by atoms with Gasteiger partial charge in [0.05, 0.1) is 0 Å². The molecule has 0 radical (unpaired) electrons. The SMILES string of the molecule is CC/C=C/C1CC1C(=O)Cl. The van der Waals surface area contributed by atoms with E-state index in [2.05, 4.69) is 19.1 Å². The molecule has 0 aromatic carbocycles. The standard InChI is InChI=1S/C8H11ClO/c1-2-3-4-6-5-7(6)8(9)10/h3-4,6-7H,2,5H2,1H3/b4-3+. The molecule has 1 aliphatic rings. The molecular weight excluding hydrogens is 148 g/mol. The summed E-state index contributed by atoms with van der Waals surface area (Å²) in [7, 11) is 0. The van der Waals surface area contributed by atoms with Crippen LogP contribution in [0, 0.1) is 11.8 Å². The molecule has 0 aliphatic heterocycles. The molecule has 56 valence electrons. The lowest BCUT2D eigenvalue weighted by Crippen LogP contribution is -1.89. The van der Waals surface area contributed by atoms with Crippen molar-refractivity contribution in [1.82, 2.24) is 0 Å². The molecule has 1 aliphatic carbocycles. The Hall–Kier alpha value is -0.300. The molecule has 1 saturated carbocycles. The summed E-state index contributed by atoms with van der Waals surface area (Å²) in [5, 5.41) is -0.175. The molecule has 1 fully saturated rings. The van der Waals surface area contributed by atoms with Crippen LogP contribution in [0.3, 0.4) is 0 Å². The van der Waals surface area contributed by atoms with E-state index in [4.69, 9.17) is 11.6 Å². The number of halogens is 1. The van der Waals surface area contributed by atoms with Crippen LogP contribution in [0.4, 0.5) is 0 Å². The third-order valence-corrected chi connectivity index (χ3v) is 2.03. The van der Waals surface area contributed by atoms with Gasteiger partial charge in [0.25, 0.3) is 0 Å². The first-order chi connectivity index (χ1) is 4.75. The number of hydrogen-bond donors (Lipinski definition) is 0. The van der Waals surface area contributed by atoms with Crippen LogP contribution >= 0.6 is 11.6 Å². The summed E-state index contributed by atoms with van der Waals surface area (Å²) >= 11 is 5.28. The Morgan fingerprint density at radius 3 is 2.90 bits per heavy atom. The Balaban J connectivity index is 2.25. The zero-order valence-corrected chi connectivity index (χ0v) is 6.77. The van der Waals surface area contributed by atoms with Gasteiger partial charge >= 0.3 is 0 Å². The first-order valence-corrected chi connectivity index (χ1v) is 3.99. The largest absolute Gasteiger partial charge is 0.281 e. The summed E-state index contributed by atoms with van der Waals surface area (Å²) in [6, 6.07) is 0. The van der Waals surface area contributed by atoms with Crippen molar-refractivity contribution in [1.29, 1.82) is 0 Å². The summed E-state index contributed by atoms with van der Waals surface area (Å²) in [5.74, 6) is 0.578. The van der Waals surface area contributed by atoms with Crippen LogP contribution < -0.4 is 0 Å². The van der Waals surface area contributed by atoms with Crippen molar-refractivity contribution in [2.75, 3.05) is 0 Å². The van der Waals surface area contributed by atoms with E-state index in [-0.39, 0.29) is 11.2 Å². The first-order valence-electron chi connectivity index (χ1n) is 3.61. The lowest BCUT2D eigenvalue weighted by atomic mass is 10.3. The normalized spacial score (nSPS) is 31.0. The number of carbonyl (C=O) groups is 1. The number of carbonyl (C=O) groups excluding carboxylic acids is 1. The van der Waals surface area contributed by atoms with Gasteiger partial charge in [0.1, 0.15) is 0 Å². The Bertz CT molecular complexity index is 163. The Morgan fingerprint density at radius 1 is 1.80 bits per heavy atom. The molecule has 0 amide bonds. The maximum Gasteiger partial charge on any atom is 0.225 e. The summed E-state index contributed by atoms with van der Waals surface area (Å²) in [6.07, 6.45) is 6.17. The molecule has 1 nitrogen and oxygen atoms in total. The van der Waals surface area contributed by atoms with Gasteiger partial charge in [0.15, 0.2) is 0 Å². The van der Waals surface area contributed by atoms with Crippen molar-refractivity contribution in [2.24, 2.45) is 11.8 Å². The van der Waals surface area contributed by atoms with Crippen molar-refractivity contribution < 1.29 is 4.79 Å². The second kappa shape index (κ2) is 3.20. The van der Waals surface area contributed by atoms with E-state index >= 15 is 0 Å².